The number of carboxylic acids is 2. The summed E-state index contributed by atoms with van der Waals surface area (Å²) in [5.41, 5.74) is 0. The molecule has 9 heteroatoms. The molecule has 0 aromatic carbocycles. The number of carbonyl (C=O) groups is 2. The molecule has 2 N–H and O–H groups in total. The van der Waals surface area contributed by atoms with E-state index in [9.17, 15) is 19.7 Å². The summed E-state index contributed by atoms with van der Waals surface area (Å²) in [7, 11) is 0. The van der Waals surface area contributed by atoms with E-state index in [1.165, 1.54) is 0 Å². The standard InChI is InChI=1S/C8H16N2O3.C4H4O4/c1-2-5-9-6-3-8(4-7-9)13-10(11)12;5-3(6)1-2-4(7)8/h8H,2-7H2,1H3;1-2H,(H,5,6)(H,7,8)/b;2-1+. The lowest BCUT2D eigenvalue weighted by atomic mass is 10.1. The molecule has 0 atom stereocenters. The van der Waals surface area contributed by atoms with Crippen molar-refractivity contribution in [1.82, 2.24) is 4.90 Å². The molecular formula is C12H20N2O7. The summed E-state index contributed by atoms with van der Waals surface area (Å²) >= 11 is 0. The van der Waals surface area contributed by atoms with Crippen molar-refractivity contribution in [3.63, 3.8) is 0 Å². The summed E-state index contributed by atoms with van der Waals surface area (Å²) in [6.07, 6.45) is 3.64. The quantitative estimate of drug-likeness (QED) is 0.418. The highest BCUT2D eigenvalue weighted by Crippen LogP contribution is 2.13. The van der Waals surface area contributed by atoms with Crippen LogP contribution in [0.3, 0.4) is 0 Å². The van der Waals surface area contributed by atoms with Gasteiger partial charge in [0, 0.05) is 25.2 Å². The van der Waals surface area contributed by atoms with E-state index in [2.05, 4.69) is 16.7 Å². The molecule has 0 aromatic heterocycles. The van der Waals surface area contributed by atoms with Gasteiger partial charge in [0.15, 0.2) is 0 Å². The normalized spacial score (nSPS) is 16.0. The van der Waals surface area contributed by atoms with Gasteiger partial charge in [-0.25, -0.2) is 9.59 Å². The molecule has 1 rings (SSSR count). The zero-order chi connectivity index (χ0) is 16.3. The Balaban J connectivity index is 0.000000433. The minimum absolute atomic E-state index is 0.178. The van der Waals surface area contributed by atoms with Crippen molar-refractivity contribution in [2.24, 2.45) is 0 Å². The van der Waals surface area contributed by atoms with Crippen LogP contribution >= 0.6 is 0 Å². The third-order valence-electron chi connectivity index (χ3n) is 2.68. The first kappa shape index (κ1) is 18.8. The fraction of sp³-hybridized carbons (Fsp3) is 0.667. The lowest BCUT2D eigenvalue weighted by molar-refractivity contribution is -0.769. The van der Waals surface area contributed by atoms with Gasteiger partial charge in [0.25, 0.3) is 5.09 Å². The molecule has 1 aliphatic heterocycles. The Kier molecular flexibility index (Phi) is 9.52. The van der Waals surface area contributed by atoms with E-state index < -0.39 is 17.0 Å². The fourth-order valence-corrected chi connectivity index (χ4v) is 1.82. The molecule has 0 aromatic rings. The number of hydrogen-bond donors (Lipinski definition) is 2. The zero-order valence-corrected chi connectivity index (χ0v) is 11.8. The molecular weight excluding hydrogens is 284 g/mol. The summed E-state index contributed by atoms with van der Waals surface area (Å²) in [4.78, 5) is 36.0. The van der Waals surface area contributed by atoms with Crippen molar-refractivity contribution in [3.05, 3.63) is 22.3 Å². The highest BCUT2D eigenvalue weighted by atomic mass is 17.0. The molecule has 0 bridgehead atoms. The Labute approximate surface area is 121 Å². The van der Waals surface area contributed by atoms with E-state index in [-0.39, 0.29) is 6.10 Å². The minimum atomic E-state index is -1.26. The number of rotatable bonds is 6. The zero-order valence-electron chi connectivity index (χ0n) is 11.8. The topological polar surface area (TPSA) is 130 Å². The maximum Gasteiger partial charge on any atom is 0.328 e. The third kappa shape index (κ3) is 11.4. The van der Waals surface area contributed by atoms with Gasteiger partial charge >= 0.3 is 11.9 Å². The SMILES string of the molecule is CCCN1CCC(O[N+](=O)[O-])CC1.O=C(O)/C=C/C(=O)O. The first-order chi connectivity index (χ1) is 9.85. The van der Waals surface area contributed by atoms with Crippen LogP contribution in [0.1, 0.15) is 26.2 Å². The Bertz CT molecular complexity index is 360. The smallest absolute Gasteiger partial charge is 0.328 e. The number of aliphatic carboxylic acids is 2. The second kappa shape index (κ2) is 10.6. The van der Waals surface area contributed by atoms with Gasteiger partial charge < -0.3 is 20.0 Å². The lowest BCUT2D eigenvalue weighted by Crippen LogP contribution is -2.38. The summed E-state index contributed by atoms with van der Waals surface area (Å²) in [6, 6.07) is 0. The lowest BCUT2D eigenvalue weighted by Gasteiger charge is -2.30. The largest absolute Gasteiger partial charge is 0.478 e. The van der Waals surface area contributed by atoms with Crippen LogP contribution in [0.5, 0.6) is 0 Å². The number of piperidine rings is 1. The van der Waals surface area contributed by atoms with Gasteiger partial charge in [-0.05, 0) is 25.8 Å². The van der Waals surface area contributed by atoms with Gasteiger partial charge in [0.05, 0.1) is 0 Å². The van der Waals surface area contributed by atoms with Crippen LogP contribution in [0.4, 0.5) is 0 Å². The molecule has 1 saturated heterocycles. The Morgan fingerprint density at radius 3 is 2.10 bits per heavy atom. The van der Waals surface area contributed by atoms with E-state index in [1.807, 2.05) is 0 Å². The molecule has 0 radical (unpaired) electrons. The molecule has 1 fully saturated rings. The molecule has 1 aliphatic rings. The van der Waals surface area contributed by atoms with Crippen molar-refractivity contribution in [2.45, 2.75) is 32.3 Å². The highest BCUT2D eigenvalue weighted by molar-refractivity contribution is 5.89. The molecule has 21 heavy (non-hydrogen) atoms. The van der Waals surface area contributed by atoms with Crippen molar-refractivity contribution in [2.75, 3.05) is 19.6 Å². The van der Waals surface area contributed by atoms with Gasteiger partial charge in [0.2, 0.25) is 0 Å². The molecule has 0 amide bonds. The fourth-order valence-electron chi connectivity index (χ4n) is 1.82. The number of nitrogens with zero attached hydrogens (tertiary/aromatic N) is 2. The van der Waals surface area contributed by atoms with Gasteiger partial charge in [-0.15, -0.1) is 10.1 Å². The van der Waals surface area contributed by atoms with Crippen molar-refractivity contribution < 1.29 is 29.7 Å². The van der Waals surface area contributed by atoms with Crippen LogP contribution in [0.25, 0.3) is 0 Å². The van der Waals surface area contributed by atoms with Crippen LogP contribution in [0, 0.1) is 10.1 Å². The molecule has 0 spiro atoms. The van der Waals surface area contributed by atoms with Crippen molar-refractivity contribution in [3.8, 4) is 0 Å². The molecule has 120 valence electrons. The Morgan fingerprint density at radius 2 is 1.76 bits per heavy atom. The van der Waals surface area contributed by atoms with Crippen LogP contribution in [-0.4, -0.2) is 57.9 Å². The van der Waals surface area contributed by atoms with E-state index in [0.29, 0.717) is 12.2 Å². The summed E-state index contributed by atoms with van der Waals surface area (Å²) in [5.74, 6) is -2.51. The Hall–Kier alpha value is -2.16. The molecule has 0 aliphatic carbocycles. The first-order valence-corrected chi connectivity index (χ1v) is 6.52. The molecule has 0 unspecified atom stereocenters. The van der Waals surface area contributed by atoms with Gasteiger partial charge in [-0.1, -0.05) is 6.92 Å². The van der Waals surface area contributed by atoms with Crippen LogP contribution in [-0.2, 0) is 14.4 Å². The van der Waals surface area contributed by atoms with E-state index >= 15 is 0 Å². The molecule has 1 heterocycles. The van der Waals surface area contributed by atoms with Gasteiger partial charge in [0.1, 0.15) is 6.10 Å². The second-order valence-corrected chi connectivity index (χ2v) is 4.38. The first-order valence-electron chi connectivity index (χ1n) is 6.52. The number of hydrogen-bond acceptors (Lipinski definition) is 6. The summed E-state index contributed by atoms with van der Waals surface area (Å²) in [6.45, 7) is 5.07. The van der Waals surface area contributed by atoms with Crippen molar-refractivity contribution >= 4 is 11.9 Å². The average Bonchev–Trinajstić information content (AvgIpc) is 2.39. The van der Waals surface area contributed by atoms with Crippen LogP contribution in [0.15, 0.2) is 12.2 Å². The molecule has 0 saturated carbocycles. The van der Waals surface area contributed by atoms with Gasteiger partial charge in [-0.3, -0.25) is 0 Å². The van der Waals surface area contributed by atoms with Crippen molar-refractivity contribution in [1.29, 1.82) is 0 Å². The van der Waals surface area contributed by atoms with Crippen LogP contribution in [0.2, 0.25) is 0 Å². The maximum atomic E-state index is 10.0. The van der Waals surface area contributed by atoms with Gasteiger partial charge in [-0.2, -0.15) is 0 Å². The number of carboxylic acid groups (broad SMARTS) is 2. The predicted molar refractivity (Wildman–Crippen MR) is 72.2 cm³/mol. The van der Waals surface area contributed by atoms with E-state index in [4.69, 9.17) is 10.2 Å². The van der Waals surface area contributed by atoms with E-state index in [1.54, 1.807) is 0 Å². The predicted octanol–water partition coefficient (Wildman–Crippen LogP) is 0.781. The Morgan fingerprint density at radius 1 is 1.29 bits per heavy atom. The third-order valence-corrected chi connectivity index (χ3v) is 2.68. The summed E-state index contributed by atoms with van der Waals surface area (Å²) < 4.78 is 0. The highest BCUT2D eigenvalue weighted by Gasteiger charge is 2.20. The average molecular weight is 304 g/mol. The van der Waals surface area contributed by atoms with Crippen LogP contribution < -0.4 is 0 Å². The van der Waals surface area contributed by atoms with E-state index in [0.717, 1.165) is 38.9 Å². The number of likely N-dealkylation sites (tertiary alicyclic amines) is 1. The summed E-state index contributed by atoms with van der Waals surface area (Å²) in [5, 5.41) is 25.0. The second-order valence-electron chi connectivity index (χ2n) is 4.38. The maximum absolute atomic E-state index is 10.0. The minimum Gasteiger partial charge on any atom is -0.478 e. The monoisotopic (exact) mass is 304 g/mol. The molecule has 9 nitrogen and oxygen atoms in total.